The predicted octanol–water partition coefficient (Wildman–Crippen LogP) is -0.792. The number of aliphatic hydroxyl groups is 1. The number of hydrogen-bond donors (Lipinski definition) is 4. The van der Waals surface area contributed by atoms with Crippen molar-refractivity contribution < 1.29 is 9.90 Å². The maximum absolute atomic E-state index is 10.6. The topological polar surface area (TPSA) is 61.4 Å². The average Bonchev–Trinajstić information content (AvgIpc) is 1.97. The maximum Gasteiger partial charge on any atom is 0.314 e. The van der Waals surface area contributed by atoms with Gasteiger partial charge in [-0.1, -0.05) is 0 Å². The van der Waals surface area contributed by atoms with E-state index >= 15 is 0 Å². The molecule has 0 spiro atoms. The molecule has 3 N–H and O–H groups in total. The third-order valence-electron chi connectivity index (χ3n) is 0.795. The second kappa shape index (κ2) is 6.70. The third-order valence-corrected chi connectivity index (χ3v) is 1.02. The summed E-state index contributed by atoms with van der Waals surface area (Å²) in [6.07, 6.45) is 0. The van der Waals surface area contributed by atoms with E-state index in [0.29, 0.717) is 18.8 Å². The van der Waals surface area contributed by atoms with E-state index in [2.05, 4.69) is 23.3 Å². The first kappa shape index (κ1) is 9.58. The van der Waals surface area contributed by atoms with Crippen molar-refractivity contribution in [2.24, 2.45) is 0 Å². The molecule has 10 heavy (non-hydrogen) atoms. The summed E-state index contributed by atoms with van der Waals surface area (Å²) in [5.41, 5.74) is 0. The van der Waals surface area contributed by atoms with Crippen LogP contribution in [0.2, 0.25) is 0 Å². The van der Waals surface area contributed by atoms with Crippen molar-refractivity contribution in [3.8, 4) is 0 Å². The largest absolute Gasteiger partial charge is 0.395 e. The molecule has 0 aromatic rings. The number of amides is 2. The smallest absolute Gasteiger partial charge is 0.314 e. The van der Waals surface area contributed by atoms with Crippen molar-refractivity contribution >= 4 is 18.7 Å². The van der Waals surface area contributed by atoms with E-state index in [1.54, 1.807) is 0 Å². The molecular formula is C5H12N2O2S. The van der Waals surface area contributed by atoms with E-state index in [4.69, 9.17) is 5.11 Å². The minimum Gasteiger partial charge on any atom is -0.395 e. The van der Waals surface area contributed by atoms with Gasteiger partial charge in [0.05, 0.1) is 6.61 Å². The number of hydrogen-bond acceptors (Lipinski definition) is 3. The fourth-order valence-corrected chi connectivity index (χ4v) is 0.513. The number of urea groups is 1. The van der Waals surface area contributed by atoms with Crippen molar-refractivity contribution in [3.63, 3.8) is 0 Å². The van der Waals surface area contributed by atoms with Gasteiger partial charge in [-0.15, -0.1) is 0 Å². The van der Waals surface area contributed by atoms with Gasteiger partial charge in [0.25, 0.3) is 0 Å². The van der Waals surface area contributed by atoms with Gasteiger partial charge in [0.1, 0.15) is 0 Å². The van der Waals surface area contributed by atoms with Crippen LogP contribution in [0.4, 0.5) is 4.79 Å². The third kappa shape index (κ3) is 5.71. The highest BCUT2D eigenvalue weighted by Gasteiger charge is 1.94. The number of aliphatic hydroxyl groups excluding tert-OH is 1. The molecule has 0 aliphatic heterocycles. The van der Waals surface area contributed by atoms with Crippen LogP contribution in [0.3, 0.4) is 0 Å². The van der Waals surface area contributed by atoms with Gasteiger partial charge < -0.3 is 15.7 Å². The van der Waals surface area contributed by atoms with Crippen LogP contribution in [-0.4, -0.2) is 36.6 Å². The van der Waals surface area contributed by atoms with Crippen LogP contribution in [0.5, 0.6) is 0 Å². The molecule has 0 aromatic heterocycles. The first-order chi connectivity index (χ1) is 4.81. The van der Waals surface area contributed by atoms with Gasteiger partial charge in [-0.3, -0.25) is 0 Å². The lowest BCUT2D eigenvalue weighted by molar-refractivity contribution is 0.235. The molecule has 0 aliphatic carbocycles. The predicted molar refractivity (Wildman–Crippen MR) is 42.3 cm³/mol. The molecule has 0 atom stereocenters. The van der Waals surface area contributed by atoms with Gasteiger partial charge in [-0.2, -0.15) is 12.6 Å². The van der Waals surface area contributed by atoms with Crippen molar-refractivity contribution in [2.75, 3.05) is 25.4 Å². The van der Waals surface area contributed by atoms with Gasteiger partial charge in [0.2, 0.25) is 0 Å². The lowest BCUT2D eigenvalue weighted by atomic mass is 10.6. The normalized spacial score (nSPS) is 9.00. The molecular weight excluding hydrogens is 152 g/mol. The van der Waals surface area contributed by atoms with Crippen molar-refractivity contribution in [1.82, 2.24) is 10.6 Å². The molecule has 0 aromatic carbocycles. The maximum atomic E-state index is 10.6. The molecule has 5 heteroatoms. The van der Waals surface area contributed by atoms with Gasteiger partial charge in [-0.05, 0) is 0 Å². The first-order valence-electron chi connectivity index (χ1n) is 3.04. The highest BCUT2D eigenvalue weighted by atomic mass is 32.1. The van der Waals surface area contributed by atoms with Crippen LogP contribution in [0.15, 0.2) is 0 Å². The average molecular weight is 164 g/mol. The van der Waals surface area contributed by atoms with Crippen LogP contribution in [-0.2, 0) is 0 Å². The molecule has 0 aliphatic rings. The molecule has 0 fully saturated rings. The zero-order valence-electron chi connectivity index (χ0n) is 5.63. The van der Waals surface area contributed by atoms with Crippen LogP contribution in [0, 0.1) is 0 Å². The zero-order valence-corrected chi connectivity index (χ0v) is 6.53. The van der Waals surface area contributed by atoms with E-state index in [1.165, 1.54) is 0 Å². The summed E-state index contributed by atoms with van der Waals surface area (Å²) in [5, 5.41) is 13.2. The summed E-state index contributed by atoms with van der Waals surface area (Å²) in [4.78, 5) is 10.6. The second-order valence-electron chi connectivity index (χ2n) is 1.63. The molecule has 0 bridgehead atoms. The number of thiol groups is 1. The summed E-state index contributed by atoms with van der Waals surface area (Å²) in [6, 6.07) is -0.261. The molecule has 2 amide bonds. The zero-order chi connectivity index (χ0) is 7.82. The van der Waals surface area contributed by atoms with Crippen molar-refractivity contribution in [2.45, 2.75) is 0 Å². The molecule has 4 nitrogen and oxygen atoms in total. The quantitative estimate of drug-likeness (QED) is 0.411. The minimum absolute atomic E-state index is 0.0334. The Hall–Kier alpha value is -0.420. The molecule has 0 saturated heterocycles. The number of nitrogens with one attached hydrogen (secondary N) is 2. The molecule has 0 saturated carbocycles. The minimum atomic E-state index is -0.261. The van der Waals surface area contributed by atoms with Gasteiger partial charge in [-0.25, -0.2) is 4.79 Å². The monoisotopic (exact) mass is 164 g/mol. The van der Waals surface area contributed by atoms with Gasteiger partial charge in [0, 0.05) is 18.8 Å². The van der Waals surface area contributed by atoms with E-state index < -0.39 is 0 Å². The first-order valence-corrected chi connectivity index (χ1v) is 3.68. The van der Waals surface area contributed by atoms with E-state index in [1.807, 2.05) is 0 Å². The summed E-state index contributed by atoms with van der Waals surface area (Å²) in [5.74, 6) is 0.618. The van der Waals surface area contributed by atoms with Gasteiger partial charge >= 0.3 is 6.03 Å². The Balaban J connectivity index is 3.09. The molecule has 60 valence electrons. The molecule has 0 rings (SSSR count). The van der Waals surface area contributed by atoms with Crippen molar-refractivity contribution in [3.05, 3.63) is 0 Å². The summed E-state index contributed by atoms with van der Waals surface area (Å²) < 4.78 is 0. The lowest BCUT2D eigenvalue weighted by Gasteiger charge is -2.03. The summed E-state index contributed by atoms with van der Waals surface area (Å²) in [7, 11) is 0. The number of carbonyl (C=O) groups is 1. The number of carbonyl (C=O) groups excluding carboxylic acids is 1. The molecule has 0 heterocycles. The van der Waals surface area contributed by atoms with Crippen LogP contribution < -0.4 is 10.6 Å². The highest BCUT2D eigenvalue weighted by Crippen LogP contribution is 1.69. The Bertz CT molecular complexity index is 89.6. The Morgan fingerprint density at radius 2 is 2.00 bits per heavy atom. The van der Waals surface area contributed by atoms with Crippen molar-refractivity contribution in [1.29, 1.82) is 0 Å². The van der Waals surface area contributed by atoms with E-state index in [9.17, 15) is 4.79 Å². The van der Waals surface area contributed by atoms with Crippen LogP contribution in [0.1, 0.15) is 0 Å². The SMILES string of the molecule is O=C(NCCO)NCCS. The Morgan fingerprint density at radius 1 is 1.40 bits per heavy atom. The second-order valence-corrected chi connectivity index (χ2v) is 2.08. The van der Waals surface area contributed by atoms with Gasteiger partial charge in [0.15, 0.2) is 0 Å². The highest BCUT2D eigenvalue weighted by molar-refractivity contribution is 7.80. The van der Waals surface area contributed by atoms with Crippen LogP contribution in [0.25, 0.3) is 0 Å². The standard InChI is InChI=1S/C5H12N2O2S/c8-3-1-6-5(9)7-2-4-10/h8,10H,1-4H2,(H2,6,7,9). The number of rotatable bonds is 4. The lowest BCUT2D eigenvalue weighted by Crippen LogP contribution is -2.37. The molecule has 0 unspecified atom stereocenters. The van der Waals surface area contributed by atoms with E-state index in [0.717, 1.165) is 0 Å². The Labute approximate surface area is 65.4 Å². The summed E-state index contributed by atoms with van der Waals surface area (Å²) >= 11 is 3.89. The van der Waals surface area contributed by atoms with E-state index in [-0.39, 0.29) is 12.6 Å². The molecule has 0 radical (unpaired) electrons. The van der Waals surface area contributed by atoms with Crippen LogP contribution >= 0.6 is 12.6 Å². The Kier molecular flexibility index (Phi) is 6.42. The fourth-order valence-electron chi connectivity index (χ4n) is 0.401. The fraction of sp³-hybridized carbons (Fsp3) is 0.800. The Morgan fingerprint density at radius 3 is 2.50 bits per heavy atom. The summed E-state index contributed by atoms with van der Waals surface area (Å²) in [6.45, 7) is 0.799.